The van der Waals surface area contributed by atoms with E-state index in [1.807, 2.05) is 0 Å². The molecular formula is C12H11FN2O3. The number of aromatic nitrogens is 2. The number of methoxy groups -OCH3 is 1. The number of H-pyrrole nitrogens is 1. The van der Waals surface area contributed by atoms with Gasteiger partial charge in [-0.1, -0.05) is 12.1 Å². The zero-order chi connectivity index (χ0) is 13.1. The van der Waals surface area contributed by atoms with E-state index in [2.05, 4.69) is 10.2 Å². The molecule has 6 heteroatoms. The molecule has 1 aromatic heterocycles. The van der Waals surface area contributed by atoms with Crippen molar-refractivity contribution in [2.24, 2.45) is 0 Å². The summed E-state index contributed by atoms with van der Waals surface area (Å²) < 4.78 is 19.0. The van der Waals surface area contributed by atoms with Crippen LogP contribution in [0.4, 0.5) is 4.39 Å². The topological polar surface area (TPSA) is 75.2 Å². The van der Waals surface area contributed by atoms with Gasteiger partial charge in [0.05, 0.1) is 12.3 Å². The molecule has 2 rings (SSSR count). The summed E-state index contributed by atoms with van der Waals surface area (Å²) in [7, 11) is 1.48. The number of nitrogens with one attached hydrogen (secondary N) is 1. The van der Waals surface area contributed by atoms with Crippen LogP contribution >= 0.6 is 0 Å². The quantitative estimate of drug-likeness (QED) is 0.870. The van der Waals surface area contributed by atoms with E-state index >= 15 is 0 Å². The van der Waals surface area contributed by atoms with E-state index in [-0.39, 0.29) is 23.6 Å². The first kappa shape index (κ1) is 12.3. The molecular weight excluding hydrogens is 239 g/mol. The van der Waals surface area contributed by atoms with E-state index in [1.54, 1.807) is 12.1 Å². The highest BCUT2D eigenvalue weighted by atomic mass is 19.1. The van der Waals surface area contributed by atoms with Crippen LogP contribution in [-0.2, 0) is 11.3 Å². The van der Waals surface area contributed by atoms with Gasteiger partial charge < -0.3 is 9.84 Å². The summed E-state index contributed by atoms with van der Waals surface area (Å²) in [5, 5.41) is 14.9. The van der Waals surface area contributed by atoms with Gasteiger partial charge in [0.15, 0.2) is 0 Å². The Morgan fingerprint density at radius 2 is 2.33 bits per heavy atom. The standard InChI is InChI=1S/C12H11FN2O3/c1-18-6-7-3-2-4-8(11(7)13)9-5-10(12(16)17)15-14-9/h2-5H,6H2,1H3,(H,14,15)(H,16,17). The molecule has 0 radical (unpaired) electrons. The third-order valence-corrected chi connectivity index (χ3v) is 2.46. The van der Waals surface area contributed by atoms with Gasteiger partial charge in [0.25, 0.3) is 0 Å². The number of carboxylic acid groups (broad SMARTS) is 1. The lowest BCUT2D eigenvalue weighted by Gasteiger charge is -2.05. The maximum atomic E-state index is 14.1. The molecule has 1 aromatic carbocycles. The van der Waals surface area contributed by atoms with Gasteiger partial charge in [0.1, 0.15) is 11.5 Å². The first-order valence-electron chi connectivity index (χ1n) is 5.19. The van der Waals surface area contributed by atoms with Crippen LogP contribution in [0.15, 0.2) is 24.3 Å². The Bertz CT molecular complexity index is 580. The zero-order valence-electron chi connectivity index (χ0n) is 9.61. The van der Waals surface area contributed by atoms with Crippen molar-refractivity contribution in [3.63, 3.8) is 0 Å². The molecule has 0 aliphatic rings. The fourth-order valence-corrected chi connectivity index (χ4v) is 1.61. The Morgan fingerprint density at radius 1 is 1.56 bits per heavy atom. The number of halogens is 1. The Balaban J connectivity index is 2.43. The molecule has 2 N–H and O–H groups in total. The Hall–Kier alpha value is -2.21. The Morgan fingerprint density at radius 3 is 2.94 bits per heavy atom. The average molecular weight is 250 g/mol. The molecule has 18 heavy (non-hydrogen) atoms. The van der Waals surface area contributed by atoms with Crippen molar-refractivity contribution in [1.82, 2.24) is 10.2 Å². The molecule has 0 fully saturated rings. The Kier molecular flexibility index (Phi) is 3.38. The van der Waals surface area contributed by atoms with Crippen molar-refractivity contribution in [3.05, 3.63) is 41.3 Å². The van der Waals surface area contributed by atoms with Gasteiger partial charge in [-0.3, -0.25) is 5.10 Å². The lowest BCUT2D eigenvalue weighted by Crippen LogP contribution is -1.95. The van der Waals surface area contributed by atoms with Gasteiger partial charge in [0, 0.05) is 18.2 Å². The maximum Gasteiger partial charge on any atom is 0.353 e. The van der Waals surface area contributed by atoms with Gasteiger partial charge in [0.2, 0.25) is 0 Å². The van der Waals surface area contributed by atoms with Gasteiger partial charge in [-0.25, -0.2) is 9.18 Å². The number of aromatic amines is 1. The van der Waals surface area contributed by atoms with Crippen molar-refractivity contribution in [2.75, 3.05) is 7.11 Å². The number of benzene rings is 1. The number of hydrogen-bond donors (Lipinski definition) is 2. The third kappa shape index (κ3) is 2.23. The summed E-state index contributed by atoms with van der Waals surface area (Å²) in [5.74, 6) is -1.59. The van der Waals surface area contributed by atoms with Crippen LogP contribution in [-0.4, -0.2) is 28.4 Å². The summed E-state index contributed by atoms with van der Waals surface area (Å²) in [6, 6.07) is 6.10. The van der Waals surface area contributed by atoms with Crippen molar-refractivity contribution >= 4 is 5.97 Å². The van der Waals surface area contributed by atoms with Crippen molar-refractivity contribution < 1.29 is 19.0 Å². The Labute approximate surface area is 102 Å². The van der Waals surface area contributed by atoms with E-state index in [9.17, 15) is 9.18 Å². The van der Waals surface area contributed by atoms with Gasteiger partial charge in [-0.05, 0) is 12.1 Å². The van der Waals surface area contributed by atoms with E-state index in [0.29, 0.717) is 5.56 Å². The predicted octanol–water partition coefficient (Wildman–Crippen LogP) is 2.06. The summed E-state index contributed by atoms with van der Waals surface area (Å²) in [6.07, 6.45) is 0. The molecule has 5 nitrogen and oxygen atoms in total. The summed E-state index contributed by atoms with van der Waals surface area (Å²) in [5.41, 5.74) is 0.813. The first-order chi connectivity index (χ1) is 8.63. The molecule has 0 spiro atoms. The number of hydrogen-bond acceptors (Lipinski definition) is 3. The molecule has 0 saturated heterocycles. The van der Waals surface area contributed by atoms with Gasteiger partial charge in [-0.15, -0.1) is 0 Å². The van der Waals surface area contributed by atoms with Crippen LogP contribution in [0.25, 0.3) is 11.3 Å². The molecule has 2 aromatic rings. The zero-order valence-corrected chi connectivity index (χ0v) is 9.61. The fraction of sp³-hybridized carbons (Fsp3) is 0.167. The number of nitrogens with zero attached hydrogens (tertiary/aromatic N) is 1. The highest BCUT2D eigenvalue weighted by molar-refractivity contribution is 5.86. The lowest BCUT2D eigenvalue weighted by atomic mass is 10.1. The highest BCUT2D eigenvalue weighted by Gasteiger charge is 2.14. The van der Waals surface area contributed by atoms with E-state index in [0.717, 1.165) is 0 Å². The summed E-state index contributed by atoms with van der Waals surface area (Å²) in [4.78, 5) is 10.7. The van der Waals surface area contributed by atoms with Crippen molar-refractivity contribution in [2.45, 2.75) is 6.61 Å². The van der Waals surface area contributed by atoms with Crippen LogP contribution in [0.3, 0.4) is 0 Å². The van der Waals surface area contributed by atoms with Crippen LogP contribution < -0.4 is 0 Å². The minimum absolute atomic E-state index is 0.0819. The fourth-order valence-electron chi connectivity index (χ4n) is 1.61. The second-order valence-electron chi connectivity index (χ2n) is 3.68. The van der Waals surface area contributed by atoms with Crippen molar-refractivity contribution in [1.29, 1.82) is 0 Å². The van der Waals surface area contributed by atoms with Crippen LogP contribution in [0, 0.1) is 5.82 Å². The third-order valence-electron chi connectivity index (χ3n) is 2.46. The smallest absolute Gasteiger partial charge is 0.353 e. The second kappa shape index (κ2) is 4.97. The lowest BCUT2D eigenvalue weighted by molar-refractivity contribution is 0.0690. The predicted molar refractivity (Wildman–Crippen MR) is 61.7 cm³/mol. The van der Waals surface area contributed by atoms with E-state index in [4.69, 9.17) is 9.84 Å². The molecule has 0 saturated carbocycles. The number of carbonyl (C=O) groups is 1. The largest absolute Gasteiger partial charge is 0.477 e. The first-order valence-corrected chi connectivity index (χ1v) is 5.19. The molecule has 0 aliphatic carbocycles. The molecule has 0 amide bonds. The molecule has 0 atom stereocenters. The van der Waals surface area contributed by atoms with E-state index < -0.39 is 11.8 Å². The number of ether oxygens (including phenoxy) is 1. The molecule has 0 aliphatic heterocycles. The van der Waals surface area contributed by atoms with Crippen LogP contribution in [0.5, 0.6) is 0 Å². The summed E-state index contributed by atoms with van der Waals surface area (Å²) >= 11 is 0. The molecule has 0 bridgehead atoms. The van der Waals surface area contributed by atoms with Gasteiger partial charge in [-0.2, -0.15) is 5.10 Å². The average Bonchev–Trinajstić information content (AvgIpc) is 2.81. The SMILES string of the molecule is COCc1cccc(-c2cc(C(=O)O)[nH]n2)c1F. The monoisotopic (exact) mass is 250 g/mol. The van der Waals surface area contributed by atoms with E-state index in [1.165, 1.54) is 19.2 Å². The maximum absolute atomic E-state index is 14.1. The van der Waals surface area contributed by atoms with Crippen LogP contribution in [0.2, 0.25) is 0 Å². The number of rotatable bonds is 4. The number of aromatic carboxylic acids is 1. The highest BCUT2D eigenvalue weighted by Crippen LogP contribution is 2.24. The van der Waals surface area contributed by atoms with Gasteiger partial charge >= 0.3 is 5.97 Å². The summed E-state index contributed by atoms with van der Waals surface area (Å²) in [6.45, 7) is 0.149. The van der Waals surface area contributed by atoms with Crippen LogP contribution in [0.1, 0.15) is 16.1 Å². The molecule has 94 valence electrons. The normalized spacial score (nSPS) is 10.6. The second-order valence-corrected chi connectivity index (χ2v) is 3.68. The number of carboxylic acids is 1. The molecule has 1 heterocycles. The minimum atomic E-state index is -1.14. The minimum Gasteiger partial charge on any atom is -0.477 e. The molecule has 0 unspecified atom stereocenters. The van der Waals surface area contributed by atoms with Crippen molar-refractivity contribution in [3.8, 4) is 11.3 Å².